The maximum Gasteiger partial charge on any atom is 0.494 e. The average Bonchev–Trinajstić information content (AvgIpc) is 1.65. The molecular weight excluding hydrogens is 1260 g/mol. The van der Waals surface area contributed by atoms with E-state index in [1.165, 1.54) is 25.9 Å². The van der Waals surface area contributed by atoms with Crippen LogP contribution in [0.1, 0.15) is 147 Å². The summed E-state index contributed by atoms with van der Waals surface area (Å²) in [5.74, 6) is 4.48. The molecule has 0 atom stereocenters. The Morgan fingerprint density at radius 1 is 0.443 bits per heavy atom. The van der Waals surface area contributed by atoms with Gasteiger partial charge in [-0.05, 0) is 263 Å². The second kappa shape index (κ2) is 37.2. The number of ether oxygens (including phenoxy) is 2. The quantitative estimate of drug-likeness (QED) is 0.0658. The summed E-state index contributed by atoms with van der Waals surface area (Å²) < 4.78 is 74.1. The Kier molecular flexibility index (Phi) is 31.1. The van der Waals surface area contributed by atoms with Gasteiger partial charge in [0.1, 0.15) is 17.2 Å². The first kappa shape index (κ1) is 81.1. The standard InChI is InChI=1S/C19H28BNO4.C19H30BNO3.C12H17BO3.C8H15NO4S.C7H13NO2.C6H13NO/c1-18(2)19(3,4)25-20(24-18)16-5-7-17(8-6-16)23-13-15-9-11-21(14-22)12-10-15;1-18(2)19(3,4)24-20(23-18)16-6-8-17(9-7-16)22-14-15-10-12-21(5)13-11-15;1-11(2)12(3,4)16-13(15-11)9-5-7-10(14)8-6-9;1-14(11,12)13-6-8-2-4-9(7-10)5-3-8;9-5-7-1-3-8(6-10)4-2-7;8-5-6-1-3-7-4-2-6/h5-8,14-15H,9-13H2,1-4H3;6-9,15H,10-14H2,1-5H3;5-8,14H,1-4H3;7-8H,2-6H2,1H3;6-7,9H,1-5H2;6-8H,1-5H2. The van der Waals surface area contributed by atoms with Gasteiger partial charge in [0, 0.05) is 52.5 Å². The number of amides is 3. The van der Waals surface area contributed by atoms with Gasteiger partial charge in [-0.3, -0.25) is 18.6 Å². The zero-order valence-corrected chi connectivity index (χ0v) is 61.5. The fourth-order valence-corrected chi connectivity index (χ4v) is 12.1. The largest absolute Gasteiger partial charge is 0.508 e. The van der Waals surface area contributed by atoms with Gasteiger partial charge < -0.3 is 77.6 Å². The lowest BCUT2D eigenvalue weighted by atomic mass is 9.79. The minimum Gasteiger partial charge on any atom is -0.508 e. The van der Waals surface area contributed by atoms with E-state index in [0.717, 1.165) is 151 Å². The lowest BCUT2D eigenvalue weighted by molar-refractivity contribution is -0.120. The molecular formula is C71H116B3N5O17S. The average molecular weight is 1380 g/mol. The molecule has 0 bridgehead atoms. The van der Waals surface area contributed by atoms with Gasteiger partial charge in [-0.15, -0.1) is 0 Å². The second-order valence-corrected chi connectivity index (χ2v) is 31.8. The highest BCUT2D eigenvalue weighted by Gasteiger charge is 2.54. The highest BCUT2D eigenvalue weighted by atomic mass is 32.2. The van der Waals surface area contributed by atoms with Crippen molar-refractivity contribution < 1.29 is 79.7 Å². The molecule has 22 nitrogen and oxygen atoms in total. The van der Waals surface area contributed by atoms with Crippen LogP contribution < -0.4 is 31.2 Å². The minimum atomic E-state index is -3.33. The number of piperidine rings is 5. The van der Waals surface area contributed by atoms with E-state index in [4.69, 9.17) is 51.8 Å². The molecule has 0 unspecified atom stereocenters. The van der Waals surface area contributed by atoms with Crippen molar-refractivity contribution in [2.75, 3.05) is 112 Å². The Morgan fingerprint density at radius 2 is 0.711 bits per heavy atom. The highest BCUT2D eigenvalue weighted by molar-refractivity contribution is 7.86. The van der Waals surface area contributed by atoms with Crippen LogP contribution in [-0.4, -0.2) is 229 Å². The van der Waals surface area contributed by atoms with Gasteiger partial charge in [0.2, 0.25) is 19.2 Å². The van der Waals surface area contributed by atoms with Crippen LogP contribution in [0.2, 0.25) is 0 Å². The van der Waals surface area contributed by atoms with Crippen molar-refractivity contribution in [3.63, 3.8) is 0 Å². The summed E-state index contributed by atoms with van der Waals surface area (Å²) in [6, 6.07) is 23.0. The van der Waals surface area contributed by atoms with Crippen molar-refractivity contribution in [2.45, 2.75) is 181 Å². The van der Waals surface area contributed by atoms with Crippen LogP contribution in [0.3, 0.4) is 0 Å². The Balaban J connectivity index is 0.000000192. The molecule has 3 aromatic carbocycles. The predicted molar refractivity (Wildman–Crippen MR) is 381 cm³/mol. The molecule has 0 spiro atoms. The van der Waals surface area contributed by atoms with E-state index in [-0.39, 0.29) is 79.8 Å². The van der Waals surface area contributed by atoms with Crippen LogP contribution in [0, 0.1) is 29.6 Å². The third-order valence-corrected chi connectivity index (χ3v) is 21.5. The SMILES string of the molecule is CC1(C)OB(c2ccc(O)cc2)OC1(C)C.CC1(C)OB(c2ccc(OCC3CCN(C=O)CC3)cc2)OC1(C)C.CN1CCC(COc2ccc(B3OC(C)(C)C(C)(C)O3)cc2)CC1.CS(=O)(=O)OCC1CCN(C=O)CC1.O=CN1CCC(CO)CC1.OCC1CCNCC1. The van der Waals surface area contributed by atoms with E-state index in [1.54, 1.807) is 21.9 Å². The molecule has 4 N–H and O–H groups in total. The van der Waals surface area contributed by atoms with Crippen molar-refractivity contribution in [2.24, 2.45) is 29.6 Å². The summed E-state index contributed by atoms with van der Waals surface area (Å²) in [5.41, 5.74) is 1.06. The molecule has 8 saturated heterocycles. The summed E-state index contributed by atoms with van der Waals surface area (Å²) >= 11 is 0. The van der Waals surface area contributed by atoms with Crippen LogP contribution >= 0.6 is 0 Å². The molecule has 0 saturated carbocycles. The van der Waals surface area contributed by atoms with Crippen LogP contribution in [-0.2, 0) is 56.6 Å². The van der Waals surface area contributed by atoms with Gasteiger partial charge in [0.15, 0.2) is 0 Å². The Hall–Kier alpha value is -4.83. The summed E-state index contributed by atoms with van der Waals surface area (Å²) in [5, 5.41) is 29.9. The van der Waals surface area contributed by atoms with Crippen LogP contribution in [0.4, 0.5) is 0 Å². The Morgan fingerprint density at radius 3 is 0.990 bits per heavy atom. The fraction of sp³-hybridized carbons (Fsp3) is 0.704. The molecule has 97 heavy (non-hydrogen) atoms. The molecule has 0 aliphatic carbocycles. The maximum absolute atomic E-state index is 10.7. The number of hydrogen-bond donors (Lipinski definition) is 4. The number of likely N-dealkylation sites (tertiary alicyclic amines) is 4. The summed E-state index contributed by atoms with van der Waals surface area (Å²) in [6.45, 7) is 36.2. The predicted octanol–water partition coefficient (Wildman–Crippen LogP) is 6.29. The third kappa shape index (κ3) is 25.6. The van der Waals surface area contributed by atoms with E-state index < -0.39 is 10.1 Å². The van der Waals surface area contributed by atoms with Crippen LogP contribution in [0.15, 0.2) is 72.8 Å². The van der Waals surface area contributed by atoms with Gasteiger partial charge in [-0.2, -0.15) is 8.42 Å². The molecule has 26 heteroatoms. The first-order chi connectivity index (χ1) is 45.7. The fourth-order valence-electron chi connectivity index (χ4n) is 11.6. The first-order valence-electron chi connectivity index (χ1n) is 35.0. The molecule has 8 aliphatic rings. The van der Waals surface area contributed by atoms with E-state index in [0.29, 0.717) is 50.0 Å². The highest BCUT2D eigenvalue weighted by Crippen LogP contribution is 2.39. The number of nitrogens with one attached hydrogen (secondary N) is 1. The van der Waals surface area contributed by atoms with Gasteiger partial charge in [-0.1, -0.05) is 36.4 Å². The molecule has 3 aromatic rings. The van der Waals surface area contributed by atoms with Crippen LogP contribution in [0.25, 0.3) is 0 Å². The number of hydrogen-bond acceptors (Lipinski definition) is 19. The number of nitrogens with zero attached hydrogens (tertiary/aromatic N) is 4. The lowest BCUT2D eigenvalue weighted by Crippen LogP contribution is -2.41. The smallest absolute Gasteiger partial charge is 0.494 e. The van der Waals surface area contributed by atoms with Gasteiger partial charge >= 0.3 is 21.4 Å². The van der Waals surface area contributed by atoms with Crippen molar-refractivity contribution in [1.29, 1.82) is 0 Å². The summed E-state index contributed by atoms with van der Waals surface area (Å²) in [4.78, 5) is 39.0. The number of phenolic OH excluding ortho intramolecular Hbond substituents is 1. The second-order valence-electron chi connectivity index (χ2n) is 30.2. The van der Waals surface area contributed by atoms with Crippen molar-refractivity contribution in [3.8, 4) is 17.2 Å². The van der Waals surface area contributed by atoms with Gasteiger partial charge in [0.05, 0.1) is 59.7 Å². The van der Waals surface area contributed by atoms with E-state index in [1.807, 2.05) is 93.3 Å². The number of aliphatic hydroxyl groups excluding tert-OH is 2. The van der Waals surface area contributed by atoms with E-state index in [2.05, 4.69) is 72.7 Å². The lowest BCUT2D eigenvalue weighted by Gasteiger charge is -2.32. The molecule has 542 valence electrons. The number of carbonyl (C=O) groups excluding carboxylic acids is 3. The monoisotopic (exact) mass is 1380 g/mol. The molecule has 3 amide bonds. The number of aliphatic hydroxyl groups is 2. The summed E-state index contributed by atoms with van der Waals surface area (Å²) in [6.07, 6.45) is 14.0. The zero-order valence-electron chi connectivity index (χ0n) is 60.7. The number of phenols is 1. The number of rotatable bonds is 17. The minimum absolute atomic E-state index is 0.242. The number of carbonyl (C=O) groups is 3. The van der Waals surface area contributed by atoms with Crippen molar-refractivity contribution in [3.05, 3.63) is 72.8 Å². The Labute approximate surface area is 581 Å². The normalized spacial score (nSPS) is 22.6. The molecule has 8 heterocycles. The van der Waals surface area contributed by atoms with Crippen molar-refractivity contribution in [1.82, 2.24) is 24.9 Å². The van der Waals surface area contributed by atoms with E-state index >= 15 is 0 Å². The molecule has 8 aliphatic heterocycles. The van der Waals surface area contributed by atoms with E-state index in [9.17, 15) is 27.9 Å². The summed E-state index contributed by atoms with van der Waals surface area (Å²) in [7, 11) is -2.14. The van der Waals surface area contributed by atoms with Crippen molar-refractivity contribution >= 4 is 67.1 Å². The maximum atomic E-state index is 10.7. The number of aromatic hydroxyl groups is 1. The van der Waals surface area contributed by atoms with Crippen LogP contribution in [0.5, 0.6) is 17.2 Å². The third-order valence-electron chi connectivity index (χ3n) is 20.9. The van der Waals surface area contributed by atoms with Gasteiger partial charge in [-0.25, -0.2) is 0 Å². The first-order valence-corrected chi connectivity index (χ1v) is 36.9. The molecule has 0 aromatic heterocycles. The van der Waals surface area contributed by atoms with Gasteiger partial charge in [0.25, 0.3) is 10.1 Å². The topological polar surface area (TPSA) is 254 Å². The molecule has 11 rings (SSSR count). The Bertz CT molecular complexity index is 2870. The molecule has 0 radical (unpaired) electrons. The molecule has 8 fully saturated rings. The zero-order chi connectivity index (χ0) is 71.2. The number of benzene rings is 3.